The van der Waals surface area contributed by atoms with Crippen LogP contribution >= 0.6 is 0 Å². The molecular weight excluding hydrogens is 508 g/mol. The highest BCUT2D eigenvalue weighted by Gasteiger charge is 2.68. The van der Waals surface area contributed by atoms with Gasteiger partial charge in [-0.05, 0) is 37.9 Å². The van der Waals surface area contributed by atoms with E-state index < -0.39 is 81.8 Å². The summed E-state index contributed by atoms with van der Waals surface area (Å²) in [5.74, 6) is -8.65. The molecule has 1 aromatic rings. The van der Waals surface area contributed by atoms with Crippen LogP contribution in [0, 0.1) is 11.8 Å². The number of amides is 1. The molecule has 0 aromatic heterocycles. The van der Waals surface area contributed by atoms with Crippen molar-refractivity contribution in [3.05, 3.63) is 51.5 Å². The minimum atomic E-state index is -2.92. The number of carbonyl (C=O) groups is 3. The molecule has 0 unspecified atom stereocenters. The van der Waals surface area contributed by atoms with Gasteiger partial charge in [0, 0.05) is 17.1 Å². The van der Waals surface area contributed by atoms with E-state index in [0.717, 1.165) is 0 Å². The molecule has 7 atom stereocenters. The largest absolute Gasteiger partial charge is 0.510 e. The first-order valence-corrected chi connectivity index (χ1v) is 12.7. The third-order valence-corrected chi connectivity index (χ3v) is 8.27. The van der Waals surface area contributed by atoms with E-state index in [2.05, 4.69) is 0 Å². The van der Waals surface area contributed by atoms with Crippen molar-refractivity contribution in [1.29, 1.82) is 0 Å². The van der Waals surface area contributed by atoms with Crippen molar-refractivity contribution in [2.45, 2.75) is 70.0 Å². The number of nitrogens with two attached hydrogens (primary N) is 1. The van der Waals surface area contributed by atoms with Crippen LogP contribution in [-0.2, 0) is 19.7 Å². The lowest BCUT2D eigenvalue weighted by Gasteiger charge is -2.55. The number of aromatic hydroxyl groups is 1. The zero-order valence-electron chi connectivity index (χ0n) is 23.0. The highest BCUT2D eigenvalue weighted by Crippen LogP contribution is 2.57. The monoisotopic (exact) mass is 544 g/mol. The van der Waals surface area contributed by atoms with Crippen LogP contribution in [0.4, 0.5) is 0 Å². The molecule has 0 radical (unpaired) electrons. The van der Waals surface area contributed by atoms with Gasteiger partial charge in [0.2, 0.25) is 5.78 Å². The van der Waals surface area contributed by atoms with Crippen molar-refractivity contribution in [2.24, 2.45) is 17.6 Å². The minimum absolute atomic E-state index is 0.0773. The SMILES string of the molecule is C[C@@H](O)O[C@H]1[C@H]2C(=C(O)[C@]3(O)C(=O)C(C(N)=O)=C(O)[C@@H](N(C)C)[C@H]13)C(=O)c1c(ccc(C(C)(C)C)c1O)[C@@H]2C. The summed E-state index contributed by atoms with van der Waals surface area (Å²) < 4.78 is 5.87. The summed E-state index contributed by atoms with van der Waals surface area (Å²) in [5, 5.41) is 56.2. The number of nitrogens with zero attached hydrogens (tertiary/aromatic N) is 1. The molecule has 1 amide bonds. The van der Waals surface area contributed by atoms with Crippen LogP contribution in [0.5, 0.6) is 5.75 Å². The quantitative estimate of drug-likeness (QED) is 0.238. The smallest absolute Gasteiger partial charge is 0.255 e. The van der Waals surface area contributed by atoms with E-state index in [9.17, 15) is 39.9 Å². The number of ketones is 2. The topological polar surface area (TPSA) is 191 Å². The Hall–Kier alpha value is -3.25. The van der Waals surface area contributed by atoms with E-state index in [0.29, 0.717) is 11.1 Å². The molecule has 0 aliphatic heterocycles. The van der Waals surface area contributed by atoms with Crippen molar-refractivity contribution in [1.82, 2.24) is 4.90 Å². The standard InChI is InChI=1S/C28H36N2O9/c1-10-12-8-9-13(27(3,4)5)20(32)15(12)21(33)16-14(10)23(39-11(2)31)18-19(30(6)7)22(34)17(26(29)37)25(36)28(18,38)24(16)35/h8-11,14,18-19,23,31-32,34-35,38H,1-7H3,(H2,29,37)/t10-,11-,14+,18+,19-,23-,28-/m0/s1. The number of carbonyl (C=O) groups excluding carboxylic acids is 3. The molecule has 11 nitrogen and oxygen atoms in total. The van der Waals surface area contributed by atoms with E-state index in [1.807, 2.05) is 20.8 Å². The molecule has 3 aliphatic carbocycles. The van der Waals surface area contributed by atoms with Crippen molar-refractivity contribution in [2.75, 3.05) is 14.1 Å². The van der Waals surface area contributed by atoms with Gasteiger partial charge in [-0.25, -0.2) is 0 Å². The predicted octanol–water partition coefficient (Wildman–Crippen LogP) is 1.31. The van der Waals surface area contributed by atoms with Gasteiger partial charge in [0.25, 0.3) is 5.91 Å². The lowest BCUT2D eigenvalue weighted by Crippen LogP contribution is -2.69. The predicted molar refractivity (Wildman–Crippen MR) is 139 cm³/mol. The van der Waals surface area contributed by atoms with Gasteiger partial charge in [-0.15, -0.1) is 0 Å². The Morgan fingerprint density at radius 3 is 2.23 bits per heavy atom. The van der Waals surface area contributed by atoms with Crippen LogP contribution in [0.2, 0.25) is 0 Å². The normalized spacial score (nSPS) is 31.7. The van der Waals surface area contributed by atoms with Gasteiger partial charge in [0.1, 0.15) is 22.8 Å². The molecule has 0 bridgehead atoms. The molecule has 4 rings (SSSR count). The number of hydrogen-bond donors (Lipinski definition) is 6. The maximum Gasteiger partial charge on any atom is 0.255 e. The van der Waals surface area contributed by atoms with Crippen LogP contribution in [0.3, 0.4) is 0 Å². The summed E-state index contributed by atoms with van der Waals surface area (Å²) in [6, 6.07) is 2.16. The van der Waals surface area contributed by atoms with Crippen molar-refractivity contribution >= 4 is 17.5 Å². The molecule has 0 saturated carbocycles. The Morgan fingerprint density at radius 2 is 1.74 bits per heavy atom. The Kier molecular flexibility index (Phi) is 6.75. The molecule has 7 N–H and O–H groups in total. The number of aliphatic hydroxyl groups is 4. The highest BCUT2D eigenvalue weighted by atomic mass is 16.6. The number of hydrogen-bond acceptors (Lipinski definition) is 10. The van der Waals surface area contributed by atoms with E-state index in [4.69, 9.17) is 10.5 Å². The van der Waals surface area contributed by atoms with E-state index in [1.165, 1.54) is 25.9 Å². The van der Waals surface area contributed by atoms with E-state index in [-0.39, 0.29) is 16.9 Å². The fourth-order valence-electron chi connectivity index (χ4n) is 6.59. The number of phenolic OH excluding ortho intramolecular Hbond substituents is 1. The van der Waals surface area contributed by atoms with Gasteiger partial charge in [0.05, 0.1) is 23.6 Å². The summed E-state index contributed by atoms with van der Waals surface area (Å²) in [5.41, 5.74) is 1.51. The number of phenols is 1. The number of aliphatic hydroxyl groups excluding tert-OH is 3. The number of fused-ring (bicyclic) bond motifs is 3. The van der Waals surface area contributed by atoms with Crippen LogP contribution in [0.25, 0.3) is 0 Å². The number of ether oxygens (including phenoxy) is 1. The third kappa shape index (κ3) is 3.90. The molecule has 1 aromatic carbocycles. The van der Waals surface area contributed by atoms with Crippen molar-refractivity contribution < 1.29 is 44.7 Å². The first kappa shape index (κ1) is 28.8. The molecule has 0 fully saturated rings. The molecule has 212 valence electrons. The Balaban J connectivity index is 2.10. The average Bonchev–Trinajstić information content (AvgIpc) is 2.79. The van der Waals surface area contributed by atoms with Crippen molar-refractivity contribution in [3.63, 3.8) is 0 Å². The second-order valence-electron chi connectivity index (χ2n) is 11.9. The number of primary amides is 1. The molecule has 3 aliphatic rings. The molecule has 39 heavy (non-hydrogen) atoms. The summed E-state index contributed by atoms with van der Waals surface area (Å²) >= 11 is 0. The first-order valence-electron chi connectivity index (χ1n) is 12.7. The second kappa shape index (κ2) is 9.16. The third-order valence-electron chi connectivity index (χ3n) is 8.27. The Labute approximate surface area is 226 Å². The average molecular weight is 545 g/mol. The van der Waals surface area contributed by atoms with E-state index >= 15 is 0 Å². The molecule has 0 spiro atoms. The van der Waals surface area contributed by atoms with Gasteiger partial charge in [-0.3, -0.25) is 19.3 Å². The first-order chi connectivity index (χ1) is 17.9. The molecular formula is C28H36N2O9. The molecule has 0 saturated heterocycles. The maximum atomic E-state index is 14.1. The number of Topliss-reactive ketones (excluding diaryl/α,β-unsaturated/α-hetero) is 2. The summed E-state index contributed by atoms with van der Waals surface area (Å²) in [6.45, 7) is 8.62. The molecule has 0 heterocycles. The van der Waals surface area contributed by atoms with Gasteiger partial charge in [0.15, 0.2) is 17.7 Å². The lowest BCUT2D eigenvalue weighted by atomic mass is 9.55. The second-order valence-corrected chi connectivity index (χ2v) is 11.9. The number of benzene rings is 1. The fourth-order valence-corrected chi connectivity index (χ4v) is 6.59. The maximum absolute atomic E-state index is 14.1. The number of likely N-dealkylation sites (N-methyl/N-ethyl adjacent to an activating group) is 1. The Bertz CT molecular complexity index is 1340. The minimum Gasteiger partial charge on any atom is -0.510 e. The van der Waals surface area contributed by atoms with E-state index in [1.54, 1.807) is 19.1 Å². The van der Waals surface area contributed by atoms with Crippen LogP contribution in [-0.4, -0.2) is 86.0 Å². The van der Waals surface area contributed by atoms with Crippen LogP contribution in [0.1, 0.15) is 62.0 Å². The summed E-state index contributed by atoms with van der Waals surface area (Å²) in [6.07, 6.45) is -2.76. The Morgan fingerprint density at radius 1 is 1.15 bits per heavy atom. The summed E-state index contributed by atoms with van der Waals surface area (Å²) in [7, 11) is 3.03. The molecule has 11 heteroatoms. The fraction of sp³-hybridized carbons (Fsp3) is 0.536. The van der Waals surface area contributed by atoms with Crippen LogP contribution in [0.15, 0.2) is 34.8 Å². The zero-order valence-corrected chi connectivity index (χ0v) is 23.0. The van der Waals surface area contributed by atoms with Gasteiger partial charge in [-0.2, -0.15) is 0 Å². The lowest BCUT2D eigenvalue weighted by molar-refractivity contribution is -0.205. The highest BCUT2D eigenvalue weighted by molar-refractivity contribution is 6.25. The van der Waals surface area contributed by atoms with Gasteiger partial charge < -0.3 is 36.0 Å². The van der Waals surface area contributed by atoms with Gasteiger partial charge >= 0.3 is 0 Å². The number of rotatable bonds is 4. The summed E-state index contributed by atoms with van der Waals surface area (Å²) in [4.78, 5) is 41.4. The van der Waals surface area contributed by atoms with Crippen molar-refractivity contribution in [3.8, 4) is 5.75 Å². The zero-order chi connectivity index (χ0) is 29.5. The van der Waals surface area contributed by atoms with Gasteiger partial charge in [-0.1, -0.05) is 39.8 Å². The van der Waals surface area contributed by atoms with Crippen LogP contribution < -0.4 is 5.73 Å².